The fourth-order valence-electron chi connectivity index (χ4n) is 3.23. The van der Waals surface area contributed by atoms with Crippen molar-refractivity contribution in [1.29, 1.82) is 0 Å². The first kappa shape index (κ1) is 13.4. The molecule has 0 spiro atoms. The lowest BCUT2D eigenvalue weighted by Crippen LogP contribution is -2.48. The van der Waals surface area contributed by atoms with Crippen molar-refractivity contribution in [3.63, 3.8) is 0 Å². The standard InChI is InChI=1S/C14H23NO3/c1-14(2,3)18-13(17)15-11-4-5-12(15)9-10(8-11)6-7-16/h7,10-12H,4-6,8-9H2,1-3H3. The molecule has 1 amide bonds. The van der Waals surface area contributed by atoms with Crippen LogP contribution >= 0.6 is 0 Å². The number of ether oxygens (including phenoxy) is 1. The Bertz CT molecular complexity index is 320. The first-order valence-corrected chi connectivity index (χ1v) is 6.85. The molecule has 4 heteroatoms. The monoisotopic (exact) mass is 253 g/mol. The second-order valence-electron chi connectivity index (χ2n) is 6.51. The van der Waals surface area contributed by atoms with Crippen molar-refractivity contribution >= 4 is 12.4 Å². The van der Waals surface area contributed by atoms with Crippen LogP contribution in [0.4, 0.5) is 4.79 Å². The number of amides is 1. The number of aldehydes is 1. The van der Waals surface area contributed by atoms with E-state index in [9.17, 15) is 9.59 Å². The Hall–Kier alpha value is -1.06. The zero-order chi connectivity index (χ0) is 13.3. The molecule has 0 aliphatic carbocycles. The minimum atomic E-state index is -0.434. The van der Waals surface area contributed by atoms with Gasteiger partial charge in [-0.3, -0.25) is 0 Å². The van der Waals surface area contributed by atoms with E-state index in [2.05, 4.69) is 0 Å². The molecule has 2 heterocycles. The van der Waals surface area contributed by atoms with Crippen LogP contribution in [0.25, 0.3) is 0 Å². The van der Waals surface area contributed by atoms with E-state index in [1.54, 1.807) is 0 Å². The number of nitrogens with zero attached hydrogens (tertiary/aromatic N) is 1. The van der Waals surface area contributed by atoms with Gasteiger partial charge in [-0.2, -0.15) is 0 Å². The molecule has 0 N–H and O–H groups in total. The molecule has 4 nitrogen and oxygen atoms in total. The topological polar surface area (TPSA) is 46.6 Å². The number of piperidine rings is 1. The zero-order valence-corrected chi connectivity index (χ0v) is 11.5. The Labute approximate surface area is 109 Å². The van der Waals surface area contributed by atoms with E-state index in [1.807, 2.05) is 25.7 Å². The van der Waals surface area contributed by atoms with Gasteiger partial charge >= 0.3 is 6.09 Å². The molecule has 2 saturated heterocycles. The Balaban J connectivity index is 2.00. The van der Waals surface area contributed by atoms with Crippen LogP contribution in [0, 0.1) is 5.92 Å². The summed E-state index contributed by atoms with van der Waals surface area (Å²) in [5.41, 5.74) is -0.434. The molecule has 0 aromatic heterocycles. The molecule has 0 saturated carbocycles. The maximum atomic E-state index is 12.2. The van der Waals surface area contributed by atoms with Gasteiger partial charge in [-0.15, -0.1) is 0 Å². The maximum Gasteiger partial charge on any atom is 0.410 e. The SMILES string of the molecule is CC(C)(C)OC(=O)N1C2CCC1CC(CC=O)C2. The molecule has 2 atom stereocenters. The zero-order valence-electron chi connectivity index (χ0n) is 11.5. The van der Waals surface area contributed by atoms with Gasteiger partial charge in [0, 0.05) is 18.5 Å². The lowest BCUT2D eigenvalue weighted by molar-refractivity contribution is -0.109. The van der Waals surface area contributed by atoms with Crippen LogP contribution < -0.4 is 0 Å². The minimum Gasteiger partial charge on any atom is -0.444 e. The van der Waals surface area contributed by atoms with Gasteiger partial charge in [0.15, 0.2) is 0 Å². The fraction of sp³-hybridized carbons (Fsp3) is 0.857. The molecule has 2 aliphatic rings. The first-order chi connectivity index (χ1) is 8.40. The summed E-state index contributed by atoms with van der Waals surface area (Å²) < 4.78 is 5.47. The summed E-state index contributed by atoms with van der Waals surface area (Å²) >= 11 is 0. The lowest BCUT2D eigenvalue weighted by atomic mass is 9.89. The Morgan fingerprint density at radius 1 is 1.28 bits per heavy atom. The highest BCUT2D eigenvalue weighted by Gasteiger charge is 2.44. The second kappa shape index (κ2) is 4.90. The number of hydrogen-bond donors (Lipinski definition) is 0. The molecule has 0 aromatic carbocycles. The third-order valence-corrected chi connectivity index (χ3v) is 3.86. The van der Waals surface area contributed by atoms with E-state index in [-0.39, 0.29) is 18.2 Å². The highest BCUT2D eigenvalue weighted by atomic mass is 16.6. The van der Waals surface area contributed by atoms with Crippen molar-refractivity contribution in [2.45, 2.75) is 70.6 Å². The van der Waals surface area contributed by atoms with Crippen LogP contribution in [0.3, 0.4) is 0 Å². The lowest BCUT2D eigenvalue weighted by Gasteiger charge is -2.39. The van der Waals surface area contributed by atoms with E-state index in [4.69, 9.17) is 4.74 Å². The minimum absolute atomic E-state index is 0.181. The molecule has 2 aliphatic heterocycles. The third kappa shape index (κ3) is 2.85. The predicted octanol–water partition coefficient (Wildman–Crippen LogP) is 2.75. The molecular formula is C14H23NO3. The molecule has 2 rings (SSSR count). The van der Waals surface area contributed by atoms with Crippen molar-refractivity contribution in [2.75, 3.05) is 0 Å². The molecule has 0 aromatic rings. The number of fused-ring (bicyclic) bond motifs is 2. The first-order valence-electron chi connectivity index (χ1n) is 6.85. The van der Waals surface area contributed by atoms with Gasteiger partial charge in [0.05, 0.1) is 0 Å². The van der Waals surface area contributed by atoms with Crippen molar-refractivity contribution in [3.05, 3.63) is 0 Å². The highest BCUT2D eigenvalue weighted by molar-refractivity contribution is 5.69. The number of rotatable bonds is 2. The maximum absolute atomic E-state index is 12.2. The largest absolute Gasteiger partial charge is 0.444 e. The predicted molar refractivity (Wildman–Crippen MR) is 68.3 cm³/mol. The van der Waals surface area contributed by atoms with Crippen LogP contribution in [-0.4, -0.2) is 35.0 Å². The quantitative estimate of drug-likeness (QED) is 0.711. The van der Waals surface area contributed by atoms with Gasteiger partial charge in [-0.1, -0.05) is 0 Å². The number of carbonyl (C=O) groups excluding carboxylic acids is 2. The van der Waals surface area contributed by atoms with Crippen molar-refractivity contribution < 1.29 is 14.3 Å². The summed E-state index contributed by atoms with van der Waals surface area (Å²) in [4.78, 5) is 24.7. The summed E-state index contributed by atoms with van der Waals surface area (Å²) in [7, 11) is 0. The van der Waals surface area contributed by atoms with Gasteiger partial charge in [-0.05, 0) is 52.4 Å². The van der Waals surface area contributed by atoms with Gasteiger partial charge in [0.1, 0.15) is 11.9 Å². The van der Waals surface area contributed by atoms with Crippen LogP contribution in [0.2, 0.25) is 0 Å². The van der Waals surface area contributed by atoms with Gasteiger partial charge in [-0.25, -0.2) is 4.79 Å². The molecule has 2 unspecified atom stereocenters. The smallest absolute Gasteiger partial charge is 0.410 e. The van der Waals surface area contributed by atoms with Crippen molar-refractivity contribution in [3.8, 4) is 0 Å². The highest BCUT2D eigenvalue weighted by Crippen LogP contribution is 2.40. The summed E-state index contributed by atoms with van der Waals surface area (Å²) in [6, 6.07) is 0.562. The Kier molecular flexibility index (Phi) is 3.64. The van der Waals surface area contributed by atoms with E-state index in [0.29, 0.717) is 12.3 Å². The molecule has 2 fully saturated rings. The van der Waals surface area contributed by atoms with Gasteiger partial charge in [0.25, 0.3) is 0 Å². The van der Waals surface area contributed by atoms with E-state index in [0.717, 1.165) is 32.0 Å². The van der Waals surface area contributed by atoms with Crippen LogP contribution in [0.5, 0.6) is 0 Å². The molecular weight excluding hydrogens is 230 g/mol. The van der Waals surface area contributed by atoms with Crippen LogP contribution in [0.15, 0.2) is 0 Å². The van der Waals surface area contributed by atoms with E-state index >= 15 is 0 Å². The molecule has 2 bridgehead atoms. The van der Waals surface area contributed by atoms with Crippen molar-refractivity contribution in [1.82, 2.24) is 4.90 Å². The van der Waals surface area contributed by atoms with Crippen molar-refractivity contribution in [2.24, 2.45) is 5.92 Å². The number of hydrogen-bond acceptors (Lipinski definition) is 3. The van der Waals surface area contributed by atoms with Gasteiger partial charge in [0.2, 0.25) is 0 Å². The van der Waals surface area contributed by atoms with Crippen LogP contribution in [0.1, 0.15) is 52.9 Å². The third-order valence-electron chi connectivity index (χ3n) is 3.86. The Morgan fingerprint density at radius 2 is 1.83 bits per heavy atom. The summed E-state index contributed by atoms with van der Waals surface area (Å²) in [6.07, 6.45) is 5.48. The van der Waals surface area contributed by atoms with E-state index < -0.39 is 5.60 Å². The van der Waals surface area contributed by atoms with Crippen LogP contribution in [-0.2, 0) is 9.53 Å². The second-order valence-corrected chi connectivity index (χ2v) is 6.51. The normalized spacial score (nSPS) is 31.3. The summed E-state index contributed by atoms with van der Waals surface area (Å²) in [5.74, 6) is 0.457. The summed E-state index contributed by atoms with van der Waals surface area (Å²) in [5, 5.41) is 0. The molecule has 18 heavy (non-hydrogen) atoms. The Morgan fingerprint density at radius 3 is 2.28 bits per heavy atom. The summed E-state index contributed by atoms with van der Waals surface area (Å²) in [6.45, 7) is 5.68. The molecule has 0 radical (unpaired) electrons. The molecule has 102 valence electrons. The van der Waals surface area contributed by atoms with Gasteiger partial charge < -0.3 is 14.4 Å². The number of carbonyl (C=O) groups is 2. The average Bonchev–Trinajstić information content (AvgIpc) is 2.49. The average molecular weight is 253 g/mol. The fourth-order valence-corrected chi connectivity index (χ4v) is 3.23. The van der Waals surface area contributed by atoms with E-state index in [1.165, 1.54) is 0 Å².